The zero-order chi connectivity index (χ0) is 16.9. The number of nitrogens with one attached hydrogen (secondary N) is 1. The van der Waals surface area contributed by atoms with Crippen molar-refractivity contribution in [3.63, 3.8) is 0 Å². The summed E-state index contributed by atoms with van der Waals surface area (Å²) in [6, 6.07) is 9.64. The van der Waals surface area contributed by atoms with Crippen LogP contribution < -0.4 is 5.32 Å². The lowest BCUT2D eigenvalue weighted by atomic mass is 9.75. The van der Waals surface area contributed by atoms with Crippen LogP contribution >= 0.6 is 0 Å². The van der Waals surface area contributed by atoms with E-state index in [9.17, 15) is 9.59 Å². The van der Waals surface area contributed by atoms with E-state index in [1.165, 1.54) is 0 Å². The fraction of sp³-hybridized carbons (Fsp3) is 0.556. The predicted octanol–water partition coefficient (Wildman–Crippen LogP) is 3.28. The SMILES string of the molecule is CC(C)(C)OC(=O)NCC1CC(C(=O)OCc2ccccc2)C1. The maximum atomic E-state index is 11.9. The second-order valence-electron chi connectivity index (χ2n) is 7.01. The summed E-state index contributed by atoms with van der Waals surface area (Å²) in [7, 11) is 0. The Morgan fingerprint density at radius 3 is 2.43 bits per heavy atom. The van der Waals surface area contributed by atoms with Gasteiger partial charge in [0.15, 0.2) is 0 Å². The topological polar surface area (TPSA) is 64.6 Å². The third-order valence-corrected chi connectivity index (χ3v) is 3.73. The van der Waals surface area contributed by atoms with E-state index in [1.807, 2.05) is 51.1 Å². The van der Waals surface area contributed by atoms with E-state index < -0.39 is 11.7 Å². The number of carbonyl (C=O) groups is 2. The quantitative estimate of drug-likeness (QED) is 0.846. The minimum atomic E-state index is -0.493. The Balaban J connectivity index is 1.61. The van der Waals surface area contributed by atoms with Gasteiger partial charge in [0, 0.05) is 6.54 Å². The highest BCUT2D eigenvalue weighted by atomic mass is 16.6. The molecule has 0 saturated heterocycles. The zero-order valence-corrected chi connectivity index (χ0v) is 14.0. The molecule has 1 aliphatic rings. The Morgan fingerprint density at radius 2 is 1.83 bits per heavy atom. The van der Waals surface area contributed by atoms with Crippen molar-refractivity contribution in [3.8, 4) is 0 Å². The highest BCUT2D eigenvalue weighted by Gasteiger charge is 2.35. The van der Waals surface area contributed by atoms with Crippen molar-refractivity contribution in [1.82, 2.24) is 5.32 Å². The molecule has 0 spiro atoms. The van der Waals surface area contributed by atoms with Gasteiger partial charge in [-0.2, -0.15) is 0 Å². The Morgan fingerprint density at radius 1 is 1.17 bits per heavy atom. The predicted molar refractivity (Wildman–Crippen MR) is 86.7 cm³/mol. The molecule has 1 amide bonds. The molecule has 5 nitrogen and oxygen atoms in total. The lowest BCUT2D eigenvalue weighted by Crippen LogP contribution is -2.41. The van der Waals surface area contributed by atoms with Crippen molar-refractivity contribution in [2.75, 3.05) is 6.54 Å². The molecule has 0 unspecified atom stereocenters. The van der Waals surface area contributed by atoms with Crippen LogP contribution in [0.15, 0.2) is 30.3 Å². The van der Waals surface area contributed by atoms with E-state index in [4.69, 9.17) is 9.47 Å². The second kappa shape index (κ2) is 7.49. The van der Waals surface area contributed by atoms with E-state index in [0.29, 0.717) is 19.1 Å². The third-order valence-electron chi connectivity index (χ3n) is 3.73. The average Bonchev–Trinajstić information content (AvgIpc) is 2.42. The first-order valence-electron chi connectivity index (χ1n) is 8.01. The van der Waals surface area contributed by atoms with E-state index in [2.05, 4.69) is 5.32 Å². The van der Waals surface area contributed by atoms with Gasteiger partial charge in [-0.3, -0.25) is 4.79 Å². The Labute approximate surface area is 137 Å². The lowest BCUT2D eigenvalue weighted by Gasteiger charge is -2.33. The fourth-order valence-electron chi connectivity index (χ4n) is 2.48. The molecule has 1 saturated carbocycles. The van der Waals surface area contributed by atoms with Crippen LogP contribution in [0.3, 0.4) is 0 Å². The third kappa shape index (κ3) is 5.93. The highest BCUT2D eigenvalue weighted by Crippen LogP contribution is 2.34. The summed E-state index contributed by atoms with van der Waals surface area (Å²) in [5, 5.41) is 2.75. The van der Waals surface area contributed by atoms with Gasteiger partial charge in [0.05, 0.1) is 5.92 Å². The summed E-state index contributed by atoms with van der Waals surface area (Å²) in [4.78, 5) is 23.5. The Hall–Kier alpha value is -2.04. The van der Waals surface area contributed by atoms with Crippen molar-refractivity contribution < 1.29 is 19.1 Å². The molecule has 1 fully saturated rings. The van der Waals surface area contributed by atoms with Gasteiger partial charge in [-0.15, -0.1) is 0 Å². The maximum Gasteiger partial charge on any atom is 0.407 e. The summed E-state index contributed by atoms with van der Waals surface area (Å²) in [5.74, 6) is 0.114. The Kier molecular flexibility index (Phi) is 5.64. The van der Waals surface area contributed by atoms with E-state index in [0.717, 1.165) is 18.4 Å². The number of benzene rings is 1. The van der Waals surface area contributed by atoms with Gasteiger partial charge < -0.3 is 14.8 Å². The molecule has 1 aliphatic carbocycles. The number of hydrogen-bond acceptors (Lipinski definition) is 4. The first-order valence-corrected chi connectivity index (χ1v) is 8.01. The van der Waals surface area contributed by atoms with Crippen LogP contribution in [0.2, 0.25) is 0 Å². The van der Waals surface area contributed by atoms with Gasteiger partial charge in [-0.1, -0.05) is 30.3 Å². The number of carbonyl (C=O) groups excluding carboxylic acids is 2. The van der Waals surface area contributed by atoms with Crippen LogP contribution in [-0.2, 0) is 20.9 Å². The van der Waals surface area contributed by atoms with Gasteiger partial charge in [0.25, 0.3) is 0 Å². The summed E-state index contributed by atoms with van der Waals surface area (Å²) in [5.41, 5.74) is 0.497. The van der Waals surface area contributed by atoms with E-state index >= 15 is 0 Å². The van der Waals surface area contributed by atoms with E-state index in [1.54, 1.807) is 0 Å². The minimum absolute atomic E-state index is 0.0517. The molecular formula is C18H25NO4. The van der Waals surface area contributed by atoms with Crippen LogP contribution in [0.5, 0.6) is 0 Å². The second-order valence-corrected chi connectivity index (χ2v) is 7.01. The molecule has 0 radical (unpaired) electrons. The van der Waals surface area contributed by atoms with Gasteiger partial charge >= 0.3 is 12.1 Å². The number of rotatable bonds is 5. The molecule has 0 bridgehead atoms. The van der Waals surface area contributed by atoms with E-state index in [-0.39, 0.29) is 11.9 Å². The van der Waals surface area contributed by atoms with Crippen molar-refractivity contribution in [1.29, 1.82) is 0 Å². The van der Waals surface area contributed by atoms with Crippen LogP contribution in [0.1, 0.15) is 39.2 Å². The van der Waals surface area contributed by atoms with Crippen LogP contribution in [0.25, 0.3) is 0 Å². The molecule has 126 valence electrons. The smallest absolute Gasteiger partial charge is 0.407 e. The molecule has 23 heavy (non-hydrogen) atoms. The van der Waals surface area contributed by atoms with Crippen molar-refractivity contribution in [3.05, 3.63) is 35.9 Å². The largest absolute Gasteiger partial charge is 0.461 e. The lowest BCUT2D eigenvalue weighted by molar-refractivity contribution is -0.154. The molecule has 0 aromatic heterocycles. The fourth-order valence-corrected chi connectivity index (χ4v) is 2.48. The maximum absolute atomic E-state index is 11.9. The van der Waals surface area contributed by atoms with Crippen LogP contribution in [0.4, 0.5) is 4.79 Å². The molecule has 1 aromatic rings. The number of esters is 1. The molecule has 2 rings (SSSR count). The number of hydrogen-bond donors (Lipinski definition) is 1. The minimum Gasteiger partial charge on any atom is -0.461 e. The van der Waals surface area contributed by atoms with Gasteiger partial charge in [0.2, 0.25) is 0 Å². The van der Waals surface area contributed by atoms with Crippen molar-refractivity contribution in [2.45, 2.75) is 45.8 Å². The summed E-state index contributed by atoms with van der Waals surface area (Å²) in [6.07, 6.45) is 1.10. The molecule has 0 aliphatic heterocycles. The summed E-state index contributed by atoms with van der Waals surface area (Å²) in [6.45, 7) is 6.34. The summed E-state index contributed by atoms with van der Waals surface area (Å²) < 4.78 is 10.5. The first kappa shape index (κ1) is 17.3. The van der Waals surface area contributed by atoms with Gasteiger partial charge in [-0.25, -0.2) is 4.79 Å². The van der Waals surface area contributed by atoms with Crippen molar-refractivity contribution in [2.24, 2.45) is 11.8 Å². The first-order chi connectivity index (χ1) is 10.8. The molecule has 5 heteroatoms. The van der Waals surface area contributed by atoms with Crippen LogP contribution in [0, 0.1) is 11.8 Å². The van der Waals surface area contributed by atoms with Gasteiger partial charge in [0.1, 0.15) is 12.2 Å². The van der Waals surface area contributed by atoms with Crippen LogP contribution in [-0.4, -0.2) is 24.2 Å². The van der Waals surface area contributed by atoms with Gasteiger partial charge in [-0.05, 0) is 45.1 Å². The molecule has 0 atom stereocenters. The molecular weight excluding hydrogens is 294 g/mol. The molecule has 0 heterocycles. The number of amides is 1. The summed E-state index contributed by atoms with van der Waals surface area (Å²) >= 11 is 0. The highest BCUT2D eigenvalue weighted by molar-refractivity contribution is 5.73. The molecule has 1 N–H and O–H groups in total. The Bertz CT molecular complexity index is 530. The van der Waals surface area contributed by atoms with Crippen molar-refractivity contribution >= 4 is 12.1 Å². The average molecular weight is 319 g/mol. The monoisotopic (exact) mass is 319 g/mol. The zero-order valence-electron chi connectivity index (χ0n) is 14.0. The normalized spacial score (nSPS) is 20.3. The molecule has 1 aromatic carbocycles. The number of ether oxygens (including phenoxy) is 2. The number of alkyl carbamates (subject to hydrolysis) is 1. The standard InChI is InChI=1S/C18H25NO4/c1-18(2,3)23-17(21)19-11-14-9-15(10-14)16(20)22-12-13-7-5-4-6-8-13/h4-8,14-15H,9-12H2,1-3H3,(H,19,21).